The molecule has 0 bridgehead atoms. The van der Waals surface area contributed by atoms with Crippen LogP contribution < -0.4 is 10.1 Å². The van der Waals surface area contributed by atoms with Gasteiger partial charge in [0.05, 0.1) is 7.11 Å². The number of thioether (sulfide) groups is 1. The van der Waals surface area contributed by atoms with Crippen LogP contribution >= 0.6 is 11.8 Å². The summed E-state index contributed by atoms with van der Waals surface area (Å²) in [5.41, 5.74) is 0.900. The highest BCUT2D eigenvalue weighted by Gasteiger charge is 2.17. The largest absolute Gasteiger partial charge is 0.508 e. The van der Waals surface area contributed by atoms with E-state index in [1.54, 1.807) is 19.2 Å². The third kappa shape index (κ3) is 3.33. The van der Waals surface area contributed by atoms with Gasteiger partial charge in [0.2, 0.25) is 0 Å². The molecule has 0 radical (unpaired) electrons. The number of phenols is 1. The number of benzene rings is 1. The molecule has 2 rings (SSSR count). The molecule has 3 nitrogen and oxygen atoms in total. The maximum atomic E-state index is 9.89. The lowest BCUT2D eigenvalue weighted by Gasteiger charge is -2.18. The van der Waals surface area contributed by atoms with Gasteiger partial charge in [0, 0.05) is 23.4 Å². The topological polar surface area (TPSA) is 41.5 Å². The van der Waals surface area contributed by atoms with E-state index in [1.807, 2.05) is 17.8 Å². The maximum absolute atomic E-state index is 9.89. The first kappa shape index (κ1) is 13.6. The van der Waals surface area contributed by atoms with Crippen LogP contribution in [0.3, 0.4) is 0 Å². The standard InChI is InChI=1S/C14H21NO2S/c1-10(15-9-12-4-3-7-18-12)13-8-11(17-2)5-6-14(13)16/h5-6,8,10,12,15-16H,3-4,7,9H2,1-2H3. The molecule has 4 heteroatoms. The zero-order valence-corrected chi connectivity index (χ0v) is 11.8. The molecule has 0 amide bonds. The van der Waals surface area contributed by atoms with E-state index in [0.29, 0.717) is 5.75 Å². The zero-order chi connectivity index (χ0) is 13.0. The van der Waals surface area contributed by atoms with Crippen molar-refractivity contribution >= 4 is 11.8 Å². The Morgan fingerprint density at radius 3 is 3.06 bits per heavy atom. The minimum Gasteiger partial charge on any atom is -0.508 e. The molecule has 0 spiro atoms. The first-order chi connectivity index (χ1) is 8.70. The normalized spacial score (nSPS) is 20.9. The molecular weight excluding hydrogens is 246 g/mol. The number of aromatic hydroxyl groups is 1. The Labute approximate surface area is 113 Å². The summed E-state index contributed by atoms with van der Waals surface area (Å²) in [7, 11) is 1.64. The summed E-state index contributed by atoms with van der Waals surface area (Å²) in [5, 5.41) is 14.1. The lowest BCUT2D eigenvalue weighted by atomic mass is 10.1. The molecule has 0 aliphatic carbocycles. The van der Waals surface area contributed by atoms with Crippen LogP contribution in [-0.4, -0.2) is 29.8 Å². The van der Waals surface area contributed by atoms with E-state index in [2.05, 4.69) is 12.2 Å². The summed E-state index contributed by atoms with van der Waals surface area (Å²) >= 11 is 2.04. The fourth-order valence-electron chi connectivity index (χ4n) is 2.23. The molecule has 1 aromatic carbocycles. The van der Waals surface area contributed by atoms with Crippen LogP contribution in [0.2, 0.25) is 0 Å². The van der Waals surface area contributed by atoms with Gasteiger partial charge in [-0.05, 0) is 43.7 Å². The summed E-state index contributed by atoms with van der Waals surface area (Å²) < 4.78 is 5.19. The van der Waals surface area contributed by atoms with Gasteiger partial charge in [-0.2, -0.15) is 11.8 Å². The summed E-state index contributed by atoms with van der Waals surface area (Å²) in [6.07, 6.45) is 2.63. The van der Waals surface area contributed by atoms with Crippen LogP contribution in [0.25, 0.3) is 0 Å². The number of nitrogens with one attached hydrogen (secondary N) is 1. The van der Waals surface area contributed by atoms with Crippen molar-refractivity contribution in [2.45, 2.75) is 31.1 Å². The number of hydrogen-bond acceptors (Lipinski definition) is 4. The van der Waals surface area contributed by atoms with Gasteiger partial charge in [-0.25, -0.2) is 0 Å². The van der Waals surface area contributed by atoms with Gasteiger partial charge in [-0.15, -0.1) is 0 Å². The third-order valence-electron chi connectivity index (χ3n) is 3.38. The summed E-state index contributed by atoms with van der Waals surface area (Å²) in [6, 6.07) is 5.51. The highest BCUT2D eigenvalue weighted by Crippen LogP contribution is 2.30. The van der Waals surface area contributed by atoms with Gasteiger partial charge in [-0.3, -0.25) is 0 Å². The minimum atomic E-state index is 0.140. The van der Waals surface area contributed by atoms with E-state index in [-0.39, 0.29) is 6.04 Å². The van der Waals surface area contributed by atoms with Crippen molar-refractivity contribution in [2.24, 2.45) is 0 Å². The second-order valence-electron chi connectivity index (χ2n) is 4.69. The molecule has 0 aromatic heterocycles. The number of methoxy groups -OCH3 is 1. The van der Waals surface area contributed by atoms with Crippen LogP contribution in [0.1, 0.15) is 31.4 Å². The molecule has 0 saturated carbocycles. The van der Waals surface area contributed by atoms with Gasteiger partial charge in [0.1, 0.15) is 11.5 Å². The lowest BCUT2D eigenvalue weighted by Crippen LogP contribution is -2.26. The molecule has 2 atom stereocenters. The molecule has 18 heavy (non-hydrogen) atoms. The summed E-state index contributed by atoms with van der Waals surface area (Å²) in [4.78, 5) is 0. The van der Waals surface area contributed by atoms with Crippen LogP contribution in [-0.2, 0) is 0 Å². The van der Waals surface area contributed by atoms with Crippen molar-refractivity contribution in [3.05, 3.63) is 23.8 Å². The van der Waals surface area contributed by atoms with E-state index in [0.717, 1.165) is 23.1 Å². The Morgan fingerprint density at radius 2 is 2.39 bits per heavy atom. The average Bonchev–Trinajstić information content (AvgIpc) is 2.89. The fourth-order valence-corrected chi connectivity index (χ4v) is 3.44. The maximum Gasteiger partial charge on any atom is 0.120 e. The zero-order valence-electron chi connectivity index (χ0n) is 11.0. The molecule has 1 aromatic rings. The highest BCUT2D eigenvalue weighted by molar-refractivity contribution is 8.00. The average molecular weight is 267 g/mol. The van der Waals surface area contributed by atoms with Crippen LogP contribution in [0.4, 0.5) is 0 Å². The monoisotopic (exact) mass is 267 g/mol. The van der Waals surface area contributed by atoms with Crippen LogP contribution in [0.15, 0.2) is 18.2 Å². The van der Waals surface area contributed by atoms with Gasteiger partial charge in [0.15, 0.2) is 0 Å². The van der Waals surface area contributed by atoms with E-state index >= 15 is 0 Å². The number of hydrogen-bond donors (Lipinski definition) is 2. The second-order valence-corrected chi connectivity index (χ2v) is 6.10. The second kappa shape index (κ2) is 6.34. The summed E-state index contributed by atoms with van der Waals surface area (Å²) in [6.45, 7) is 3.08. The Morgan fingerprint density at radius 1 is 1.56 bits per heavy atom. The molecule has 2 N–H and O–H groups in total. The summed E-state index contributed by atoms with van der Waals surface area (Å²) in [5.74, 6) is 2.40. The smallest absolute Gasteiger partial charge is 0.120 e. The van der Waals surface area contributed by atoms with Crippen LogP contribution in [0.5, 0.6) is 11.5 Å². The molecular formula is C14H21NO2S. The van der Waals surface area contributed by atoms with E-state index < -0.39 is 0 Å². The number of phenolic OH excluding ortho intramolecular Hbond substituents is 1. The van der Waals surface area contributed by atoms with E-state index in [4.69, 9.17) is 4.74 Å². The van der Waals surface area contributed by atoms with Gasteiger partial charge in [-0.1, -0.05) is 0 Å². The molecule has 1 saturated heterocycles. The minimum absolute atomic E-state index is 0.140. The third-order valence-corrected chi connectivity index (χ3v) is 4.78. The lowest BCUT2D eigenvalue weighted by molar-refractivity contribution is 0.407. The first-order valence-electron chi connectivity index (χ1n) is 6.42. The fraction of sp³-hybridized carbons (Fsp3) is 0.571. The Hall–Kier alpha value is -0.870. The quantitative estimate of drug-likeness (QED) is 0.860. The number of ether oxygens (including phenoxy) is 1. The molecule has 1 aliphatic rings. The Kier molecular flexibility index (Phi) is 4.78. The van der Waals surface area contributed by atoms with E-state index in [1.165, 1.54) is 18.6 Å². The van der Waals surface area contributed by atoms with Crippen LogP contribution in [0, 0.1) is 0 Å². The van der Waals surface area contributed by atoms with Gasteiger partial charge in [0.25, 0.3) is 0 Å². The molecule has 1 heterocycles. The number of rotatable bonds is 5. The van der Waals surface area contributed by atoms with Crippen molar-refractivity contribution in [3.8, 4) is 11.5 Å². The SMILES string of the molecule is COc1ccc(O)c(C(C)NCC2CCCS2)c1. The van der Waals surface area contributed by atoms with E-state index in [9.17, 15) is 5.11 Å². The van der Waals surface area contributed by atoms with Crippen molar-refractivity contribution in [1.29, 1.82) is 0 Å². The molecule has 1 aliphatic heterocycles. The van der Waals surface area contributed by atoms with Crippen molar-refractivity contribution in [3.63, 3.8) is 0 Å². The van der Waals surface area contributed by atoms with Crippen molar-refractivity contribution < 1.29 is 9.84 Å². The first-order valence-corrected chi connectivity index (χ1v) is 7.47. The predicted octanol–water partition coefficient (Wildman–Crippen LogP) is 2.95. The van der Waals surface area contributed by atoms with Crippen molar-refractivity contribution in [2.75, 3.05) is 19.4 Å². The van der Waals surface area contributed by atoms with Crippen molar-refractivity contribution in [1.82, 2.24) is 5.32 Å². The van der Waals surface area contributed by atoms with Gasteiger partial charge >= 0.3 is 0 Å². The molecule has 100 valence electrons. The Bertz CT molecular complexity index is 391. The van der Waals surface area contributed by atoms with Gasteiger partial charge < -0.3 is 15.2 Å². The predicted molar refractivity (Wildman–Crippen MR) is 76.6 cm³/mol. The molecule has 2 unspecified atom stereocenters. The highest BCUT2D eigenvalue weighted by atomic mass is 32.2. The molecule has 1 fully saturated rings. The Balaban J connectivity index is 1.96.